The highest BCUT2D eigenvalue weighted by Gasteiger charge is 2.55. The first-order valence-corrected chi connectivity index (χ1v) is 7.08. The molecule has 0 radical (unpaired) electrons. The van der Waals surface area contributed by atoms with Crippen molar-refractivity contribution >= 4 is 12.1 Å². The fourth-order valence-electron chi connectivity index (χ4n) is 2.55. The van der Waals surface area contributed by atoms with Crippen LogP contribution in [0.2, 0.25) is 0 Å². The van der Waals surface area contributed by atoms with Crippen molar-refractivity contribution in [2.75, 3.05) is 13.1 Å². The average Bonchev–Trinajstić information content (AvgIpc) is 2.77. The minimum absolute atomic E-state index is 0.0261. The maximum Gasteiger partial charge on any atom is 0.410 e. The Labute approximate surface area is 128 Å². The van der Waals surface area contributed by atoms with Gasteiger partial charge in [-0.15, -0.1) is 0 Å². The lowest BCUT2D eigenvalue weighted by Crippen LogP contribution is -2.42. The number of aliphatic carboxylic acids is 1. The number of benzene rings is 1. The minimum Gasteiger partial charge on any atom is -0.479 e. The SMILES string of the molecule is CC(C)(C)OC(=O)N1C[C@H](c2ccccc2)[C@](F)(C(=O)O)C1. The van der Waals surface area contributed by atoms with Crippen LogP contribution in [0.3, 0.4) is 0 Å². The number of alkyl halides is 1. The summed E-state index contributed by atoms with van der Waals surface area (Å²) in [5, 5.41) is 9.28. The fourth-order valence-corrected chi connectivity index (χ4v) is 2.55. The Kier molecular flexibility index (Phi) is 4.13. The molecule has 1 saturated heterocycles. The van der Waals surface area contributed by atoms with Crippen LogP contribution in [0.25, 0.3) is 0 Å². The van der Waals surface area contributed by atoms with E-state index in [-0.39, 0.29) is 6.54 Å². The molecule has 1 aliphatic heterocycles. The number of nitrogens with zero attached hydrogens (tertiary/aromatic N) is 1. The number of hydrogen-bond acceptors (Lipinski definition) is 3. The van der Waals surface area contributed by atoms with Gasteiger partial charge in [-0.3, -0.25) is 0 Å². The van der Waals surface area contributed by atoms with Crippen LogP contribution >= 0.6 is 0 Å². The van der Waals surface area contributed by atoms with E-state index in [1.807, 2.05) is 0 Å². The van der Waals surface area contributed by atoms with Gasteiger partial charge >= 0.3 is 12.1 Å². The quantitative estimate of drug-likeness (QED) is 0.912. The molecule has 0 unspecified atom stereocenters. The second-order valence-corrected chi connectivity index (χ2v) is 6.49. The molecule has 0 aromatic heterocycles. The third kappa shape index (κ3) is 3.21. The van der Waals surface area contributed by atoms with Gasteiger partial charge < -0.3 is 14.7 Å². The molecule has 2 rings (SSSR count). The van der Waals surface area contributed by atoms with Crippen LogP contribution in [0.4, 0.5) is 9.18 Å². The van der Waals surface area contributed by atoms with Crippen molar-refractivity contribution in [1.82, 2.24) is 4.90 Å². The smallest absolute Gasteiger partial charge is 0.410 e. The second-order valence-electron chi connectivity index (χ2n) is 6.49. The first kappa shape index (κ1) is 16.3. The van der Waals surface area contributed by atoms with Crippen LogP contribution in [0.5, 0.6) is 0 Å². The molecular formula is C16H20FNO4. The largest absolute Gasteiger partial charge is 0.479 e. The number of carbonyl (C=O) groups excluding carboxylic acids is 1. The Balaban J connectivity index is 2.27. The molecule has 1 heterocycles. The molecule has 1 aliphatic rings. The molecule has 5 nitrogen and oxygen atoms in total. The first-order valence-electron chi connectivity index (χ1n) is 7.08. The summed E-state index contributed by atoms with van der Waals surface area (Å²) in [7, 11) is 0. The van der Waals surface area contributed by atoms with E-state index in [4.69, 9.17) is 4.74 Å². The van der Waals surface area contributed by atoms with E-state index in [0.29, 0.717) is 5.56 Å². The standard InChI is InChI=1S/C16H20FNO4/c1-15(2,3)22-14(21)18-9-12(11-7-5-4-6-8-11)16(17,10-18)13(19)20/h4-8,12H,9-10H2,1-3H3,(H,19,20)/t12-,16+/m1/s1. The van der Waals surface area contributed by atoms with E-state index >= 15 is 0 Å². The number of likely N-dealkylation sites (tertiary alicyclic amines) is 1. The van der Waals surface area contributed by atoms with Crippen molar-refractivity contribution < 1.29 is 23.8 Å². The van der Waals surface area contributed by atoms with Gasteiger partial charge in [-0.2, -0.15) is 0 Å². The summed E-state index contributed by atoms with van der Waals surface area (Å²) in [6.45, 7) is 4.57. The lowest BCUT2D eigenvalue weighted by Gasteiger charge is -2.24. The summed E-state index contributed by atoms with van der Waals surface area (Å²) < 4.78 is 20.2. The van der Waals surface area contributed by atoms with Crippen LogP contribution < -0.4 is 0 Å². The highest BCUT2D eigenvalue weighted by molar-refractivity contribution is 5.82. The molecule has 1 amide bonds. The van der Waals surface area contributed by atoms with Gasteiger partial charge in [0, 0.05) is 12.5 Å². The topological polar surface area (TPSA) is 66.8 Å². The molecule has 1 N–H and O–H groups in total. The van der Waals surface area contributed by atoms with E-state index in [0.717, 1.165) is 4.90 Å². The van der Waals surface area contributed by atoms with Gasteiger partial charge in [-0.1, -0.05) is 30.3 Å². The van der Waals surface area contributed by atoms with Crippen molar-refractivity contribution in [2.24, 2.45) is 0 Å². The first-order chi connectivity index (χ1) is 10.1. The second kappa shape index (κ2) is 5.59. The molecule has 1 aromatic carbocycles. The van der Waals surface area contributed by atoms with Gasteiger partial charge in [-0.05, 0) is 26.3 Å². The molecule has 22 heavy (non-hydrogen) atoms. The number of carboxylic acid groups (broad SMARTS) is 1. The van der Waals surface area contributed by atoms with Crippen LogP contribution in [0, 0.1) is 0 Å². The van der Waals surface area contributed by atoms with Crippen molar-refractivity contribution in [3.05, 3.63) is 35.9 Å². The van der Waals surface area contributed by atoms with E-state index in [9.17, 15) is 19.1 Å². The van der Waals surface area contributed by atoms with E-state index in [2.05, 4.69) is 0 Å². The maximum atomic E-state index is 15.0. The van der Waals surface area contributed by atoms with Gasteiger partial charge in [0.05, 0.1) is 6.54 Å². The molecule has 2 atom stereocenters. The number of rotatable bonds is 2. The summed E-state index contributed by atoms with van der Waals surface area (Å²) in [5.41, 5.74) is -2.68. The number of carbonyl (C=O) groups is 2. The number of hydrogen-bond donors (Lipinski definition) is 1. The summed E-state index contributed by atoms with van der Waals surface area (Å²) in [4.78, 5) is 24.6. The Bertz CT molecular complexity index is 569. The van der Waals surface area contributed by atoms with Gasteiger partial charge in [0.1, 0.15) is 5.60 Å². The van der Waals surface area contributed by atoms with Gasteiger partial charge in [0.15, 0.2) is 0 Å². The van der Waals surface area contributed by atoms with E-state index in [1.165, 1.54) is 0 Å². The highest BCUT2D eigenvalue weighted by Crippen LogP contribution is 2.39. The molecule has 0 saturated carbocycles. The number of ether oxygens (including phenoxy) is 1. The summed E-state index contributed by atoms with van der Waals surface area (Å²) in [6.07, 6.45) is -0.700. The fraction of sp³-hybridized carbons (Fsp3) is 0.500. The maximum absolute atomic E-state index is 15.0. The molecule has 1 fully saturated rings. The van der Waals surface area contributed by atoms with Crippen LogP contribution in [0.15, 0.2) is 30.3 Å². The van der Waals surface area contributed by atoms with Crippen LogP contribution in [-0.4, -0.2) is 46.4 Å². The molecule has 120 valence electrons. The Morgan fingerprint density at radius 2 is 1.91 bits per heavy atom. The Hall–Kier alpha value is -2.11. The monoisotopic (exact) mass is 309 g/mol. The highest BCUT2D eigenvalue weighted by atomic mass is 19.1. The van der Waals surface area contributed by atoms with Crippen molar-refractivity contribution in [3.63, 3.8) is 0 Å². The Morgan fingerprint density at radius 1 is 1.32 bits per heavy atom. The lowest BCUT2D eigenvalue weighted by atomic mass is 9.86. The van der Waals surface area contributed by atoms with E-state index < -0.39 is 35.8 Å². The summed E-state index contributed by atoms with van der Waals surface area (Å²) >= 11 is 0. The zero-order chi connectivity index (χ0) is 16.5. The van der Waals surface area contributed by atoms with Gasteiger partial charge in [0.2, 0.25) is 5.67 Å². The van der Waals surface area contributed by atoms with Crippen molar-refractivity contribution in [2.45, 2.75) is 38.0 Å². The lowest BCUT2D eigenvalue weighted by molar-refractivity contribution is -0.150. The third-order valence-electron chi connectivity index (χ3n) is 3.59. The van der Waals surface area contributed by atoms with Crippen LogP contribution in [-0.2, 0) is 9.53 Å². The normalized spacial score (nSPS) is 25.1. The molecule has 1 aromatic rings. The number of carboxylic acids is 1. The average molecular weight is 309 g/mol. The Morgan fingerprint density at radius 3 is 2.41 bits per heavy atom. The predicted octanol–water partition coefficient (Wildman–Crippen LogP) is 2.81. The van der Waals surface area contributed by atoms with Gasteiger partial charge in [0.25, 0.3) is 0 Å². The molecule has 0 spiro atoms. The summed E-state index contributed by atoms with van der Waals surface area (Å²) in [6, 6.07) is 8.54. The molecule has 6 heteroatoms. The van der Waals surface area contributed by atoms with Gasteiger partial charge in [-0.25, -0.2) is 14.0 Å². The minimum atomic E-state index is -2.52. The van der Waals surface area contributed by atoms with Crippen LogP contribution in [0.1, 0.15) is 32.3 Å². The van der Waals surface area contributed by atoms with Crippen molar-refractivity contribution in [3.8, 4) is 0 Å². The number of amides is 1. The zero-order valence-corrected chi connectivity index (χ0v) is 12.9. The summed E-state index contributed by atoms with van der Waals surface area (Å²) in [5.74, 6) is -2.48. The van der Waals surface area contributed by atoms with Crippen molar-refractivity contribution in [1.29, 1.82) is 0 Å². The molecular weight excluding hydrogens is 289 g/mol. The zero-order valence-electron chi connectivity index (χ0n) is 12.9. The number of halogens is 1. The van der Waals surface area contributed by atoms with E-state index in [1.54, 1.807) is 51.1 Å². The predicted molar refractivity (Wildman–Crippen MR) is 78.5 cm³/mol. The molecule has 0 aliphatic carbocycles. The third-order valence-corrected chi connectivity index (χ3v) is 3.59. The molecule has 0 bridgehead atoms.